The van der Waals surface area contributed by atoms with Crippen molar-refractivity contribution in [2.45, 2.75) is 51.9 Å². The van der Waals surface area contributed by atoms with Gasteiger partial charge in [-0.15, -0.1) is 16.4 Å². The second kappa shape index (κ2) is 13.1. The summed E-state index contributed by atoms with van der Waals surface area (Å²) in [6.07, 6.45) is 1.91. The zero-order valence-electron chi connectivity index (χ0n) is 23.0. The maximum Gasteiger partial charge on any atom is 0.247 e. The quantitative estimate of drug-likeness (QED) is 0.276. The van der Waals surface area contributed by atoms with Gasteiger partial charge in [0.2, 0.25) is 11.8 Å². The van der Waals surface area contributed by atoms with Crippen LogP contribution in [0.25, 0.3) is 11.0 Å². The molecule has 2 amide bonds. The smallest absolute Gasteiger partial charge is 0.247 e. The Bertz CT molecular complexity index is 1390. The first kappa shape index (κ1) is 27.8. The SMILES string of the molecule is CCN(CC)c1ccc(C(C(=O)NCC2CCCO2)N(Cc2cccs2)C(=O)Cn2nnc3ccccc32)cc1. The number of rotatable bonds is 12. The van der Waals surface area contributed by atoms with E-state index in [4.69, 9.17) is 4.74 Å². The maximum absolute atomic E-state index is 14.1. The minimum absolute atomic E-state index is 0.00222. The number of hydrogen-bond acceptors (Lipinski definition) is 7. The molecule has 2 atom stereocenters. The highest BCUT2D eigenvalue weighted by Crippen LogP contribution is 2.28. The number of aromatic nitrogens is 3. The topological polar surface area (TPSA) is 92.6 Å². The fraction of sp³-hybridized carbons (Fsp3) is 0.400. The molecule has 2 aromatic heterocycles. The van der Waals surface area contributed by atoms with E-state index in [0.29, 0.717) is 19.7 Å². The molecule has 5 rings (SSSR count). The molecule has 40 heavy (non-hydrogen) atoms. The van der Waals surface area contributed by atoms with Crippen LogP contribution < -0.4 is 10.2 Å². The van der Waals surface area contributed by atoms with Crippen LogP contribution in [0.2, 0.25) is 0 Å². The highest BCUT2D eigenvalue weighted by atomic mass is 32.1. The van der Waals surface area contributed by atoms with Crippen LogP contribution in [-0.2, 0) is 27.4 Å². The number of carbonyl (C=O) groups is 2. The average molecular weight is 561 g/mol. The first-order valence-corrected chi connectivity index (χ1v) is 14.8. The Kier molecular flexibility index (Phi) is 9.08. The van der Waals surface area contributed by atoms with E-state index in [1.165, 1.54) is 0 Å². The normalized spacial score (nSPS) is 15.7. The van der Waals surface area contributed by atoms with Crippen molar-refractivity contribution in [3.05, 3.63) is 76.5 Å². The second-order valence-electron chi connectivity index (χ2n) is 9.88. The second-order valence-corrected chi connectivity index (χ2v) is 10.9. The third kappa shape index (κ3) is 6.34. The van der Waals surface area contributed by atoms with Gasteiger partial charge in [0.1, 0.15) is 18.1 Å². The van der Waals surface area contributed by atoms with E-state index >= 15 is 0 Å². The van der Waals surface area contributed by atoms with Gasteiger partial charge in [-0.05, 0) is 68.0 Å². The molecule has 1 aliphatic heterocycles. The van der Waals surface area contributed by atoms with E-state index in [1.54, 1.807) is 20.9 Å². The predicted molar refractivity (Wildman–Crippen MR) is 157 cm³/mol. The first-order valence-electron chi connectivity index (χ1n) is 13.9. The molecule has 1 aliphatic rings. The Morgan fingerprint density at radius 1 is 1.10 bits per heavy atom. The van der Waals surface area contributed by atoms with Crippen LogP contribution >= 0.6 is 11.3 Å². The van der Waals surface area contributed by atoms with Crippen LogP contribution in [0.5, 0.6) is 0 Å². The highest BCUT2D eigenvalue weighted by Gasteiger charge is 2.33. The molecule has 1 saturated heterocycles. The van der Waals surface area contributed by atoms with Crippen molar-refractivity contribution in [2.75, 3.05) is 31.1 Å². The summed E-state index contributed by atoms with van der Waals surface area (Å²) in [5.41, 5.74) is 3.33. The van der Waals surface area contributed by atoms with Crippen LogP contribution in [0.15, 0.2) is 66.0 Å². The fourth-order valence-electron chi connectivity index (χ4n) is 5.19. The van der Waals surface area contributed by atoms with Crippen LogP contribution in [0.3, 0.4) is 0 Å². The van der Waals surface area contributed by atoms with Crippen LogP contribution in [-0.4, -0.2) is 64.1 Å². The van der Waals surface area contributed by atoms with E-state index in [2.05, 4.69) is 34.4 Å². The number of anilines is 1. The van der Waals surface area contributed by atoms with Gasteiger partial charge in [0.15, 0.2) is 0 Å². The van der Waals surface area contributed by atoms with Gasteiger partial charge >= 0.3 is 0 Å². The van der Waals surface area contributed by atoms with E-state index < -0.39 is 6.04 Å². The summed E-state index contributed by atoms with van der Waals surface area (Å²) in [7, 11) is 0. The number of benzene rings is 2. The number of nitrogens with zero attached hydrogens (tertiary/aromatic N) is 5. The van der Waals surface area contributed by atoms with Crippen molar-refractivity contribution >= 4 is 39.9 Å². The van der Waals surface area contributed by atoms with Gasteiger partial charge in [0, 0.05) is 36.8 Å². The lowest BCUT2D eigenvalue weighted by Gasteiger charge is -2.32. The minimum atomic E-state index is -0.823. The molecule has 0 aliphatic carbocycles. The standard InChI is InChI=1S/C30H36N6O3S/c1-3-34(4-2)23-15-13-22(14-16-23)29(30(38)31-19-24-9-7-17-39-24)35(20-25-10-8-18-40-25)28(37)21-36-27-12-6-5-11-26(27)32-33-36/h5-6,8,10-16,18,24,29H,3-4,7,9,17,19-21H2,1-2H3,(H,31,38). The summed E-state index contributed by atoms with van der Waals surface area (Å²) in [5, 5.41) is 13.5. The lowest BCUT2D eigenvalue weighted by molar-refractivity contribution is -0.142. The molecule has 0 radical (unpaired) electrons. The molecule has 1 N–H and O–H groups in total. The zero-order chi connectivity index (χ0) is 27.9. The number of para-hydroxylation sites is 1. The van der Waals surface area contributed by atoms with E-state index in [1.807, 2.05) is 66.0 Å². The lowest BCUT2D eigenvalue weighted by Crippen LogP contribution is -2.46. The van der Waals surface area contributed by atoms with E-state index in [-0.39, 0.29) is 24.5 Å². The first-order chi connectivity index (χ1) is 19.6. The Morgan fingerprint density at radius 2 is 1.90 bits per heavy atom. The van der Waals surface area contributed by atoms with Crippen LogP contribution in [0, 0.1) is 0 Å². The Balaban J connectivity index is 1.48. The average Bonchev–Trinajstić information content (AvgIpc) is 3.76. The number of fused-ring (bicyclic) bond motifs is 1. The number of thiophene rings is 1. The van der Waals surface area contributed by atoms with Crippen molar-refractivity contribution in [3.8, 4) is 0 Å². The van der Waals surface area contributed by atoms with Gasteiger partial charge in [-0.1, -0.05) is 35.5 Å². The maximum atomic E-state index is 14.1. The largest absolute Gasteiger partial charge is 0.376 e. The monoisotopic (exact) mass is 560 g/mol. The fourth-order valence-corrected chi connectivity index (χ4v) is 5.90. The van der Waals surface area contributed by atoms with Crippen LogP contribution in [0.4, 0.5) is 5.69 Å². The molecule has 0 bridgehead atoms. The Morgan fingerprint density at radius 3 is 2.60 bits per heavy atom. The van der Waals surface area contributed by atoms with Crippen molar-refractivity contribution in [1.82, 2.24) is 25.2 Å². The van der Waals surface area contributed by atoms with Gasteiger partial charge in [0.05, 0.1) is 18.2 Å². The minimum Gasteiger partial charge on any atom is -0.376 e. The number of nitrogens with one attached hydrogen (secondary N) is 1. The molecule has 2 aromatic carbocycles. The molecule has 4 aromatic rings. The summed E-state index contributed by atoms with van der Waals surface area (Å²) in [4.78, 5) is 32.9. The third-order valence-electron chi connectivity index (χ3n) is 7.36. The summed E-state index contributed by atoms with van der Waals surface area (Å²) >= 11 is 1.56. The summed E-state index contributed by atoms with van der Waals surface area (Å²) in [6, 6.07) is 18.7. The summed E-state index contributed by atoms with van der Waals surface area (Å²) in [5.74, 6) is -0.436. The molecule has 2 unspecified atom stereocenters. The molecule has 3 heterocycles. The van der Waals surface area contributed by atoms with Crippen LogP contribution in [0.1, 0.15) is 43.2 Å². The van der Waals surface area contributed by atoms with Gasteiger partial charge in [0.25, 0.3) is 0 Å². The highest BCUT2D eigenvalue weighted by molar-refractivity contribution is 7.09. The zero-order valence-corrected chi connectivity index (χ0v) is 23.8. The molecule has 9 nitrogen and oxygen atoms in total. The van der Waals surface area contributed by atoms with E-state index in [0.717, 1.165) is 53.1 Å². The van der Waals surface area contributed by atoms with Gasteiger partial charge in [-0.3, -0.25) is 9.59 Å². The molecular formula is C30H36N6O3S. The van der Waals surface area contributed by atoms with Gasteiger partial charge < -0.3 is 19.9 Å². The number of carbonyl (C=O) groups excluding carboxylic acids is 2. The molecule has 0 spiro atoms. The Hall–Kier alpha value is -3.76. The summed E-state index contributed by atoms with van der Waals surface area (Å²) < 4.78 is 7.34. The Labute approximate surface area is 238 Å². The van der Waals surface area contributed by atoms with Crippen molar-refractivity contribution in [2.24, 2.45) is 0 Å². The van der Waals surface area contributed by atoms with Gasteiger partial charge in [-0.25, -0.2) is 4.68 Å². The number of ether oxygens (including phenoxy) is 1. The van der Waals surface area contributed by atoms with E-state index in [9.17, 15) is 9.59 Å². The molecule has 0 saturated carbocycles. The molecule has 10 heteroatoms. The molecule has 1 fully saturated rings. The van der Waals surface area contributed by atoms with Gasteiger partial charge in [-0.2, -0.15) is 0 Å². The summed E-state index contributed by atoms with van der Waals surface area (Å²) in [6.45, 7) is 7.42. The number of hydrogen-bond donors (Lipinski definition) is 1. The number of amides is 2. The van der Waals surface area contributed by atoms with Crippen molar-refractivity contribution < 1.29 is 14.3 Å². The van der Waals surface area contributed by atoms with Crippen molar-refractivity contribution in [1.29, 1.82) is 0 Å². The lowest BCUT2D eigenvalue weighted by atomic mass is 10.0. The van der Waals surface area contributed by atoms with Crippen molar-refractivity contribution in [3.63, 3.8) is 0 Å². The third-order valence-corrected chi connectivity index (χ3v) is 8.22. The molecule has 210 valence electrons. The predicted octanol–water partition coefficient (Wildman–Crippen LogP) is 4.40. The molecular weight excluding hydrogens is 524 g/mol.